The van der Waals surface area contributed by atoms with Gasteiger partial charge >= 0.3 is 5.97 Å². The highest BCUT2D eigenvalue weighted by Gasteiger charge is 2.23. The maximum atomic E-state index is 12.4. The van der Waals surface area contributed by atoms with E-state index in [1.54, 1.807) is 55.5 Å². The third-order valence-electron chi connectivity index (χ3n) is 6.97. The molecule has 0 bridgehead atoms. The molecule has 4 aromatic rings. The fourth-order valence-electron chi connectivity index (χ4n) is 4.47. The summed E-state index contributed by atoms with van der Waals surface area (Å²) in [6.45, 7) is 5.95. The van der Waals surface area contributed by atoms with Crippen LogP contribution >= 0.6 is 0 Å². The molecule has 0 heterocycles. The zero-order valence-corrected chi connectivity index (χ0v) is 23.6. The largest absolute Gasteiger partial charge is 0.457 e. The Kier molecular flexibility index (Phi) is 9.69. The van der Waals surface area contributed by atoms with Gasteiger partial charge in [-0.1, -0.05) is 86.6 Å². The van der Waals surface area contributed by atoms with Crippen LogP contribution in [0.1, 0.15) is 61.5 Å². The van der Waals surface area contributed by atoms with Gasteiger partial charge in [0.05, 0.1) is 0 Å². The van der Waals surface area contributed by atoms with Crippen LogP contribution in [0.5, 0.6) is 11.5 Å². The molecule has 0 saturated heterocycles. The first kappa shape index (κ1) is 29.3. The number of amides is 1. The van der Waals surface area contributed by atoms with Crippen molar-refractivity contribution in [1.82, 2.24) is 0 Å². The fraction of sp³-hybridized carbons (Fsp3) is 0.229. The molecule has 0 aliphatic carbocycles. The number of carbonyl (C=O) groups excluding carboxylic acids is 3. The summed E-state index contributed by atoms with van der Waals surface area (Å²) in [5.41, 5.74) is 3.44. The molecular formula is C35H35NO5. The summed E-state index contributed by atoms with van der Waals surface area (Å²) < 4.78 is 11.2. The summed E-state index contributed by atoms with van der Waals surface area (Å²) in [6.07, 6.45) is -0.359. The van der Waals surface area contributed by atoms with E-state index in [4.69, 9.17) is 9.47 Å². The number of benzene rings is 4. The molecule has 6 nitrogen and oxygen atoms in total. The van der Waals surface area contributed by atoms with Gasteiger partial charge < -0.3 is 14.8 Å². The highest BCUT2D eigenvalue weighted by atomic mass is 16.5. The molecule has 1 atom stereocenters. The van der Waals surface area contributed by atoms with Crippen molar-refractivity contribution < 1.29 is 23.9 Å². The Morgan fingerprint density at radius 3 is 1.85 bits per heavy atom. The summed E-state index contributed by atoms with van der Waals surface area (Å²) >= 11 is 0. The van der Waals surface area contributed by atoms with Crippen molar-refractivity contribution >= 4 is 23.3 Å². The summed E-state index contributed by atoms with van der Waals surface area (Å²) in [7, 11) is 0. The molecule has 1 amide bonds. The number of rotatable bonds is 12. The summed E-state index contributed by atoms with van der Waals surface area (Å²) in [5, 5.41) is 2.83. The van der Waals surface area contributed by atoms with E-state index >= 15 is 0 Å². The van der Waals surface area contributed by atoms with E-state index in [0.717, 1.165) is 5.75 Å². The van der Waals surface area contributed by atoms with Gasteiger partial charge in [-0.3, -0.25) is 14.4 Å². The van der Waals surface area contributed by atoms with Crippen molar-refractivity contribution in [1.29, 1.82) is 0 Å². The Hall–Kier alpha value is -4.71. The van der Waals surface area contributed by atoms with Crippen molar-refractivity contribution in [2.45, 2.75) is 51.6 Å². The van der Waals surface area contributed by atoms with E-state index in [1.807, 2.05) is 24.3 Å². The van der Waals surface area contributed by atoms with Gasteiger partial charge in [-0.05, 0) is 60.9 Å². The van der Waals surface area contributed by atoms with Gasteiger partial charge in [0.2, 0.25) is 11.7 Å². The van der Waals surface area contributed by atoms with Crippen molar-refractivity contribution in [3.63, 3.8) is 0 Å². The normalized spacial score (nSPS) is 11.8. The van der Waals surface area contributed by atoms with Gasteiger partial charge in [0.15, 0.2) is 6.10 Å². The highest BCUT2D eigenvalue weighted by Crippen LogP contribution is 2.33. The second-order valence-corrected chi connectivity index (χ2v) is 10.4. The lowest BCUT2D eigenvalue weighted by atomic mass is 9.78. The molecule has 0 aromatic heterocycles. The highest BCUT2D eigenvalue weighted by molar-refractivity contribution is 6.00. The average Bonchev–Trinajstić information content (AvgIpc) is 2.99. The number of nitrogens with one attached hydrogen (secondary N) is 1. The first-order chi connectivity index (χ1) is 19.7. The summed E-state index contributed by atoms with van der Waals surface area (Å²) in [6, 6.07) is 34.3. The summed E-state index contributed by atoms with van der Waals surface area (Å²) in [4.78, 5) is 36.8. The first-order valence-corrected chi connectivity index (χ1v) is 13.7. The zero-order chi connectivity index (χ0) is 29.2. The standard InChI is InChI=1S/C35H35NO5/c1-25(34(39)26-11-6-4-7-12-26)40-33(38)16-10-15-32(37)36-29-19-23-31(24-20-29)41-30-21-17-28(18-22-30)35(2,3)27-13-8-5-9-14-27/h4-9,11-14,17-25H,10,15-16H2,1-3H3,(H,36,37). The predicted octanol–water partition coefficient (Wildman–Crippen LogP) is 7.73. The molecule has 0 spiro atoms. The van der Waals surface area contributed by atoms with Crippen molar-refractivity contribution in [3.05, 3.63) is 126 Å². The quantitative estimate of drug-likeness (QED) is 0.144. The Bertz CT molecular complexity index is 1450. The van der Waals surface area contributed by atoms with E-state index in [9.17, 15) is 14.4 Å². The van der Waals surface area contributed by atoms with Gasteiger partial charge in [0.25, 0.3) is 0 Å². The third-order valence-corrected chi connectivity index (χ3v) is 6.97. The van der Waals surface area contributed by atoms with Gasteiger partial charge in [-0.2, -0.15) is 0 Å². The maximum absolute atomic E-state index is 12.4. The van der Waals surface area contributed by atoms with Crippen LogP contribution in [0.15, 0.2) is 109 Å². The molecular weight excluding hydrogens is 514 g/mol. The number of hydrogen-bond donors (Lipinski definition) is 1. The second kappa shape index (κ2) is 13.6. The van der Waals surface area contributed by atoms with E-state index < -0.39 is 12.1 Å². The Balaban J connectivity index is 1.20. The van der Waals surface area contributed by atoms with Gasteiger partial charge in [-0.25, -0.2) is 0 Å². The molecule has 4 aromatic carbocycles. The van der Waals surface area contributed by atoms with E-state index in [2.05, 4.69) is 55.6 Å². The Morgan fingerprint density at radius 2 is 1.24 bits per heavy atom. The first-order valence-electron chi connectivity index (χ1n) is 13.7. The molecule has 6 heteroatoms. The lowest BCUT2D eigenvalue weighted by molar-refractivity contribution is -0.146. The minimum Gasteiger partial charge on any atom is -0.457 e. The number of ether oxygens (including phenoxy) is 2. The minimum atomic E-state index is -0.876. The predicted molar refractivity (Wildman–Crippen MR) is 160 cm³/mol. The van der Waals surface area contributed by atoms with Crippen LogP contribution in [0.25, 0.3) is 0 Å². The van der Waals surface area contributed by atoms with Crippen LogP contribution in [-0.2, 0) is 19.7 Å². The lowest BCUT2D eigenvalue weighted by Gasteiger charge is -2.26. The molecule has 41 heavy (non-hydrogen) atoms. The van der Waals surface area contributed by atoms with Crippen LogP contribution in [0.2, 0.25) is 0 Å². The van der Waals surface area contributed by atoms with Gasteiger partial charge in [-0.15, -0.1) is 0 Å². The molecule has 1 N–H and O–H groups in total. The lowest BCUT2D eigenvalue weighted by Crippen LogP contribution is -2.24. The fourth-order valence-corrected chi connectivity index (χ4v) is 4.47. The number of esters is 1. The van der Waals surface area contributed by atoms with Crippen molar-refractivity contribution in [2.75, 3.05) is 5.32 Å². The molecule has 0 saturated carbocycles. The zero-order valence-electron chi connectivity index (χ0n) is 23.6. The molecule has 4 rings (SSSR count). The number of ketones is 1. The average molecular weight is 550 g/mol. The van der Waals surface area contributed by atoms with Crippen LogP contribution in [-0.4, -0.2) is 23.8 Å². The number of hydrogen-bond acceptors (Lipinski definition) is 5. The molecule has 0 aliphatic rings. The molecule has 0 fully saturated rings. The number of carbonyl (C=O) groups is 3. The van der Waals surface area contributed by atoms with Crippen molar-refractivity contribution in [2.24, 2.45) is 0 Å². The topological polar surface area (TPSA) is 81.7 Å². The molecule has 210 valence electrons. The smallest absolute Gasteiger partial charge is 0.306 e. The maximum Gasteiger partial charge on any atom is 0.306 e. The third kappa shape index (κ3) is 8.15. The molecule has 0 aliphatic heterocycles. The number of anilines is 1. The SMILES string of the molecule is CC(OC(=O)CCCC(=O)Nc1ccc(Oc2ccc(C(C)(C)c3ccccc3)cc2)cc1)C(=O)c1ccccc1. The monoisotopic (exact) mass is 549 g/mol. The van der Waals surface area contributed by atoms with Crippen LogP contribution < -0.4 is 10.1 Å². The molecule has 0 radical (unpaired) electrons. The van der Waals surface area contributed by atoms with E-state index in [-0.39, 0.29) is 29.9 Å². The van der Waals surface area contributed by atoms with Gasteiger partial charge in [0.1, 0.15) is 11.5 Å². The van der Waals surface area contributed by atoms with Crippen LogP contribution in [0, 0.1) is 0 Å². The van der Waals surface area contributed by atoms with E-state index in [1.165, 1.54) is 11.1 Å². The Morgan fingerprint density at radius 1 is 0.707 bits per heavy atom. The number of Topliss-reactive ketones (excluding diaryl/α,β-unsaturated/α-hetero) is 1. The van der Waals surface area contributed by atoms with E-state index in [0.29, 0.717) is 23.4 Å². The minimum absolute atomic E-state index is 0.0495. The van der Waals surface area contributed by atoms with Crippen LogP contribution in [0.3, 0.4) is 0 Å². The summed E-state index contributed by atoms with van der Waals surface area (Å²) in [5.74, 6) is 0.401. The molecule has 1 unspecified atom stereocenters. The van der Waals surface area contributed by atoms with Crippen LogP contribution in [0.4, 0.5) is 5.69 Å². The second-order valence-electron chi connectivity index (χ2n) is 10.4. The van der Waals surface area contributed by atoms with Gasteiger partial charge in [0, 0.05) is 29.5 Å². The van der Waals surface area contributed by atoms with Crippen molar-refractivity contribution in [3.8, 4) is 11.5 Å². The Labute approximate surface area is 241 Å².